The Kier molecular flexibility index (Phi) is 3.03. The summed E-state index contributed by atoms with van der Waals surface area (Å²) in [5.41, 5.74) is 0. The van der Waals surface area contributed by atoms with Crippen LogP contribution in [0.2, 0.25) is 0 Å². The van der Waals surface area contributed by atoms with Crippen molar-refractivity contribution >= 4 is 11.8 Å². The number of methoxy groups -OCH3 is 1. The highest BCUT2D eigenvalue weighted by Gasteiger charge is 2.41. The van der Waals surface area contributed by atoms with Crippen LogP contribution in [0.4, 0.5) is 0 Å². The van der Waals surface area contributed by atoms with Crippen molar-refractivity contribution in [1.82, 2.24) is 4.90 Å². The van der Waals surface area contributed by atoms with Crippen LogP contribution < -0.4 is 0 Å². The van der Waals surface area contributed by atoms with E-state index in [9.17, 15) is 9.59 Å². The summed E-state index contributed by atoms with van der Waals surface area (Å²) in [7, 11) is 3.17. The van der Waals surface area contributed by atoms with Crippen LogP contribution in [0.3, 0.4) is 0 Å². The first-order valence-electron chi connectivity index (χ1n) is 4.43. The van der Waals surface area contributed by atoms with Crippen molar-refractivity contribution in [2.45, 2.75) is 19.4 Å². The second-order valence-electron chi connectivity index (χ2n) is 3.34. The SMILES string of the molecule is CCC1C(=O)C(C(=O)OC)CN1C. The van der Waals surface area contributed by atoms with Crippen molar-refractivity contribution in [3.8, 4) is 0 Å². The lowest BCUT2D eigenvalue weighted by atomic mass is 10.0. The van der Waals surface area contributed by atoms with Gasteiger partial charge in [0.2, 0.25) is 0 Å². The predicted octanol–water partition coefficient (Wildman–Crippen LogP) is 0.0687. The van der Waals surface area contributed by atoms with Crippen LogP contribution >= 0.6 is 0 Å². The number of carbonyl (C=O) groups is 2. The van der Waals surface area contributed by atoms with Gasteiger partial charge in [-0.05, 0) is 13.5 Å². The zero-order chi connectivity index (χ0) is 10.0. The summed E-state index contributed by atoms with van der Waals surface area (Å²) in [5.74, 6) is -0.982. The third kappa shape index (κ3) is 1.72. The smallest absolute Gasteiger partial charge is 0.317 e. The number of nitrogens with zero attached hydrogens (tertiary/aromatic N) is 1. The van der Waals surface area contributed by atoms with Crippen molar-refractivity contribution in [1.29, 1.82) is 0 Å². The molecule has 0 aromatic rings. The highest BCUT2D eigenvalue weighted by Crippen LogP contribution is 2.20. The molecular weight excluding hydrogens is 170 g/mol. The Hall–Kier alpha value is -0.900. The first-order chi connectivity index (χ1) is 6.11. The molecule has 1 saturated heterocycles. The average Bonchev–Trinajstić information content (AvgIpc) is 2.40. The largest absolute Gasteiger partial charge is 0.468 e. The molecule has 0 N–H and O–H groups in total. The fourth-order valence-electron chi connectivity index (χ4n) is 1.80. The lowest BCUT2D eigenvalue weighted by molar-refractivity contribution is -0.147. The van der Waals surface area contributed by atoms with E-state index >= 15 is 0 Å². The van der Waals surface area contributed by atoms with E-state index in [-0.39, 0.29) is 11.8 Å². The van der Waals surface area contributed by atoms with Crippen LogP contribution in [-0.4, -0.2) is 43.4 Å². The Morgan fingerprint density at radius 3 is 2.69 bits per heavy atom. The number of rotatable bonds is 2. The molecular formula is C9H15NO3. The Labute approximate surface area is 77.8 Å². The van der Waals surface area contributed by atoms with Gasteiger partial charge >= 0.3 is 5.97 Å². The average molecular weight is 185 g/mol. The Morgan fingerprint density at radius 2 is 2.31 bits per heavy atom. The van der Waals surface area contributed by atoms with E-state index in [0.29, 0.717) is 6.54 Å². The Balaban J connectivity index is 2.72. The van der Waals surface area contributed by atoms with Gasteiger partial charge in [-0.25, -0.2) is 0 Å². The molecule has 1 aliphatic rings. The van der Waals surface area contributed by atoms with Crippen LogP contribution in [0.5, 0.6) is 0 Å². The lowest BCUT2D eigenvalue weighted by Crippen LogP contribution is -2.29. The van der Waals surface area contributed by atoms with Gasteiger partial charge in [0.05, 0.1) is 13.2 Å². The topological polar surface area (TPSA) is 46.6 Å². The second-order valence-corrected chi connectivity index (χ2v) is 3.34. The molecule has 4 heteroatoms. The highest BCUT2D eigenvalue weighted by molar-refractivity contribution is 6.03. The van der Waals surface area contributed by atoms with Crippen LogP contribution in [0.15, 0.2) is 0 Å². The van der Waals surface area contributed by atoms with E-state index in [1.165, 1.54) is 7.11 Å². The molecule has 2 unspecified atom stereocenters. The van der Waals surface area contributed by atoms with Gasteiger partial charge in [-0.3, -0.25) is 14.5 Å². The molecule has 1 aliphatic heterocycles. The molecule has 2 atom stereocenters. The number of ether oxygens (including phenoxy) is 1. The van der Waals surface area contributed by atoms with Crippen LogP contribution in [0.1, 0.15) is 13.3 Å². The molecule has 0 saturated carbocycles. The van der Waals surface area contributed by atoms with E-state index in [4.69, 9.17) is 0 Å². The molecule has 0 aliphatic carbocycles. The van der Waals surface area contributed by atoms with E-state index in [2.05, 4.69) is 4.74 Å². The van der Waals surface area contributed by atoms with E-state index in [1.807, 2.05) is 18.9 Å². The summed E-state index contributed by atoms with van der Waals surface area (Å²) in [6, 6.07) is -0.107. The molecule has 74 valence electrons. The van der Waals surface area contributed by atoms with Crippen molar-refractivity contribution < 1.29 is 14.3 Å². The van der Waals surface area contributed by atoms with E-state index in [0.717, 1.165) is 6.42 Å². The minimum atomic E-state index is -0.569. The van der Waals surface area contributed by atoms with Gasteiger partial charge in [0, 0.05) is 6.54 Å². The third-order valence-electron chi connectivity index (χ3n) is 2.55. The summed E-state index contributed by atoms with van der Waals surface area (Å²) in [6.45, 7) is 2.43. The van der Waals surface area contributed by atoms with Gasteiger partial charge in [0.25, 0.3) is 0 Å². The second kappa shape index (κ2) is 3.87. The zero-order valence-electron chi connectivity index (χ0n) is 8.24. The lowest BCUT2D eigenvalue weighted by Gasteiger charge is -2.14. The highest BCUT2D eigenvalue weighted by atomic mass is 16.5. The van der Waals surface area contributed by atoms with E-state index in [1.54, 1.807) is 0 Å². The van der Waals surface area contributed by atoms with Crippen LogP contribution in [0.25, 0.3) is 0 Å². The molecule has 1 fully saturated rings. The first-order valence-corrected chi connectivity index (χ1v) is 4.43. The number of ketones is 1. The van der Waals surface area contributed by atoms with Crippen LogP contribution in [-0.2, 0) is 14.3 Å². The number of Topliss-reactive ketones (excluding diaryl/α,β-unsaturated/α-hetero) is 1. The molecule has 1 rings (SSSR count). The van der Waals surface area contributed by atoms with Gasteiger partial charge < -0.3 is 4.74 Å². The number of hydrogen-bond acceptors (Lipinski definition) is 4. The van der Waals surface area contributed by atoms with Crippen molar-refractivity contribution in [2.75, 3.05) is 20.7 Å². The maximum Gasteiger partial charge on any atom is 0.317 e. The van der Waals surface area contributed by atoms with Crippen molar-refractivity contribution in [3.63, 3.8) is 0 Å². The number of likely N-dealkylation sites (tertiary alicyclic amines) is 1. The van der Waals surface area contributed by atoms with Gasteiger partial charge in [0.1, 0.15) is 5.92 Å². The maximum atomic E-state index is 11.6. The number of esters is 1. The molecule has 0 aromatic heterocycles. The molecule has 0 bridgehead atoms. The minimum Gasteiger partial charge on any atom is -0.468 e. The first kappa shape index (κ1) is 10.2. The van der Waals surface area contributed by atoms with Gasteiger partial charge in [-0.1, -0.05) is 6.92 Å². The maximum absolute atomic E-state index is 11.6. The summed E-state index contributed by atoms with van der Waals surface area (Å²) < 4.78 is 4.56. The molecule has 0 radical (unpaired) electrons. The molecule has 0 spiro atoms. The standard InChI is InChI=1S/C9H15NO3/c1-4-7-8(11)6(5-10(7)2)9(12)13-3/h6-7H,4-5H2,1-3H3. The summed E-state index contributed by atoms with van der Waals surface area (Å²) >= 11 is 0. The van der Waals surface area contributed by atoms with Crippen LogP contribution in [0, 0.1) is 5.92 Å². The molecule has 0 aromatic carbocycles. The van der Waals surface area contributed by atoms with Crippen molar-refractivity contribution in [3.05, 3.63) is 0 Å². The van der Waals surface area contributed by atoms with Gasteiger partial charge in [0.15, 0.2) is 5.78 Å². The fourth-order valence-corrected chi connectivity index (χ4v) is 1.80. The molecule has 0 amide bonds. The third-order valence-corrected chi connectivity index (χ3v) is 2.55. The molecule has 4 nitrogen and oxygen atoms in total. The van der Waals surface area contributed by atoms with Gasteiger partial charge in [-0.2, -0.15) is 0 Å². The number of carbonyl (C=O) groups excluding carboxylic acids is 2. The predicted molar refractivity (Wildman–Crippen MR) is 47.2 cm³/mol. The van der Waals surface area contributed by atoms with E-state index < -0.39 is 11.9 Å². The summed E-state index contributed by atoms with van der Waals surface area (Å²) in [6.07, 6.45) is 0.753. The summed E-state index contributed by atoms with van der Waals surface area (Å²) in [5, 5.41) is 0. The molecule has 1 heterocycles. The fraction of sp³-hybridized carbons (Fsp3) is 0.778. The Morgan fingerprint density at radius 1 is 1.69 bits per heavy atom. The Bertz CT molecular complexity index is 227. The number of likely N-dealkylation sites (N-methyl/N-ethyl adjacent to an activating group) is 1. The van der Waals surface area contributed by atoms with Gasteiger partial charge in [-0.15, -0.1) is 0 Å². The monoisotopic (exact) mass is 185 g/mol. The quantitative estimate of drug-likeness (QED) is 0.451. The molecule has 13 heavy (non-hydrogen) atoms. The van der Waals surface area contributed by atoms with Crippen molar-refractivity contribution in [2.24, 2.45) is 5.92 Å². The minimum absolute atomic E-state index is 0.00292. The number of hydrogen-bond donors (Lipinski definition) is 0. The summed E-state index contributed by atoms with van der Waals surface area (Å²) in [4.78, 5) is 24.7. The zero-order valence-corrected chi connectivity index (χ0v) is 8.24. The normalized spacial score (nSPS) is 29.3.